The zero-order valence-corrected chi connectivity index (χ0v) is 27.7. The number of methoxy groups -OCH3 is 1. The maximum atomic E-state index is 13.3. The Balaban J connectivity index is 1.59. The first-order valence-corrected chi connectivity index (χ1v) is 16.0. The molecule has 0 amide bonds. The Labute approximate surface area is 271 Å². The lowest BCUT2D eigenvalue weighted by Crippen LogP contribution is -2.45. The van der Waals surface area contributed by atoms with Gasteiger partial charge in [0.05, 0.1) is 42.9 Å². The Morgan fingerprint density at radius 2 is 1.80 bits per heavy atom. The molecule has 1 fully saturated rings. The van der Waals surface area contributed by atoms with Gasteiger partial charge in [0.1, 0.15) is 5.82 Å². The van der Waals surface area contributed by atoms with Gasteiger partial charge in [-0.15, -0.1) is 13.2 Å². The van der Waals surface area contributed by atoms with Crippen molar-refractivity contribution in [2.75, 3.05) is 38.3 Å². The number of ether oxygens (including phenoxy) is 3. The number of aromatic nitrogens is 5. The summed E-state index contributed by atoms with van der Waals surface area (Å²) in [6.07, 6.45) is 7.18. The van der Waals surface area contributed by atoms with Crippen LogP contribution in [0, 0.1) is 12.8 Å². The fourth-order valence-corrected chi connectivity index (χ4v) is 5.83. The van der Waals surface area contributed by atoms with Gasteiger partial charge in [-0.05, 0) is 51.2 Å². The molecule has 46 heavy (non-hydrogen) atoms. The number of hydrogen-bond acceptors (Lipinski definition) is 8. The monoisotopic (exact) mass is 626 g/mol. The Morgan fingerprint density at radius 1 is 1.07 bits per heavy atom. The highest BCUT2D eigenvalue weighted by molar-refractivity contribution is 5.80. The van der Waals surface area contributed by atoms with Crippen LogP contribution in [0.2, 0.25) is 0 Å². The minimum Gasteiger partial charge on any atom is -0.467 e. The number of piperidine rings is 1. The van der Waals surface area contributed by atoms with Crippen LogP contribution in [0.4, 0.5) is 5.82 Å². The molecule has 1 aliphatic heterocycles. The van der Waals surface area contributed by atoms with Gasteiger partial charge in [-0.2, -0.15) is 14.7 Å². The van der Waals surface area contributed by atoms with Crippen LogP contribution in [-0.4, -0.2) is 69.4 Å². The van der Waals surface area contributed by atoms with Crippen LogP contribution in [0.1, 0.15) is 57.4 Å². The molecule has 1 atom stereocenters. The van der Waals surface area contributed by atoms with Crippen LogP contribution in [0.15, 0.2) is 67.9 Å². The van der Waals surface area contributed by atoms with Gasteiger partial charge in [-0.1, -0.05) is 44.2 Å². The molecule has 1 aliphatic rings. The largest absolute Gasteiger partial charge is 0.467 e. The molecule has 0 unspecified atom stereocenters. The quantitative estimate of drug-likeness (QED) is 0.114. The number of carbonyl (C=O) groups is 1. The average molecular weight is 627 g/mol. The van der Waals surface area contributed by atoms with E-state index in [4.69, 9.17) is 29.4 Å². The molecule has 4 heterocycles. The number of fused-ring (bicyclic) bond motifs is 1. The van der Waals surface area contributed by atoms with Crippen molar-refractivity contribution in [2.45, 2.75) is 65.2 Å². The maximum Gasteiger partial charge on any atom is 0.339 e. The second-order valence-electron chi connectivity index (χ2n) is 12.5. The van der Waals surface area contributed by atoms with Crippen molar-refractivity contribution in [1.29, 1.82) is 0 Å². The van der Waals surface area contributed by atoms with Crippen molar-refractivity contribution < 1.29 is 19.0 Å². The lowest BCUT2D eigenvalue weighted by atomic mass is 9.92. The van der Waals surface area contributed by atoms with Gasteiger partial charge in [0, 0.05) is 48.7 Å². The molecule has 0 N–H and O–H groups in total. The number of hydrogen-bond donors (Lipinski definition) is 0. The third kappa shape index (κ3) is 7.24. The number of esters is 1. The van der Waals surface area contributed by atoms with Crippen molar-refractivity contribution in [3.63, 3.8) is 0 Å². The summed E-state index contributed by atoms with van der Waals surface area (Å²) >= 11 is 0. The van der Waals surface area contributed by atoms with Gasteiger partial charge < -0.3 is 19.1 Å². The standard InChI is InChI=1S/C36H46N6O4/c1-8-10-17-41-18-14-29(38-41)27-12-11-13-28(22-27)30-23-31-37-26(5)32(33(35(43)44-7)45-24-25(3)4)34(42(31)39-30)40-19-15-36(6,16-20-40)46-21-9-2/h8-9,11-14,18,22-23,25,33H,1-2,10,15-17,19-21,24H2,3-7H3/t33-/m0/s1. The molecule has 3 aromatic heterocycles. The van der Waals surface area contributed by atoms with E-state index in [0.29, 0.717) is 43.2 Å². The second kappa shape index (κ2) is 14.4. The molecule has 0 saturated carbocycles. The summed E-state index contributed by atoms with van der Waals surface area (Å²) in [5, 5.41) is 9.86. The number of nitrogens with zero attached hydrogens (tertiary/aromatic N) is 6. The molecule has 1 aromatic carbocycles. The summed E-state index contributed by atoms with van der Waals surface area (Å²) in [4.78, 5) is 20.5. The van der Waals surface area contributed by atoms with Gasteiger partial charge in [0.2, 0.25) is 0 Å². The van der Waals surface area contributed by atoms with Crippen molar-refractivity contribution in [1.82, 2.24) is 24.4 Å². The Morgan fingerprint density at radius 3 is 2.48 bits per heavy atom. The van der Waals surface area contributed by atoms with Crippen molar-refractivity contribution >= 4 is 17.4 Å². The molecule has 0 aliphatic carbocycles. The van der Waals surface area contributed by atoms with Gasteiger partial charge in [0.15, 0.2) is 11.8 Å². The van der Waals surface area contributed by atoms with Gasteiger partial charge in [-0.3, -0.25) is 4.68 Å². The summed E-state index contributed by atoms with van der Waals surface area (Å²) in [5.74, 6) is 0.549. The second-order valence-corrected chi connectivity index (χ2v) is 12.5. The van der Waals surface area contributed by atoms with E-state index in [1.54, 1.807) is 6.08 Å². The summed E-state index contributed by atoms with van der Waals surface area (Å²) in [6, 6.07) is 12.2. The van der Waals surface area contributed by atoms with Crippen LogP contribution in [-0.2, 0) is 25.5 Å². The maximum absolute atomic E-state index is 13.3. The minimum atomic E-state index is -0.947. The number of carbonyl (C=O) groups excluding carboxylic acids is 1. The number of benzene rings is 1. The average Bonchev–Trinajstić information content (AvgIpc) is 3.71. The molecule has 10 heteroatoms. The van der Waals surface area contributed by atoms with E-state index in [2.05, 4.69) is 51.0 Å². The highest BCUT2D eigenvalue weighted by Gasteiger charge is 2.37. The lowest BCUT2D eigenvalue weighted by Gasteiger charge is -2.41. The molecule has 1 saturated heterocycles. The van der Waals surface area contributed by atoms with Gasteiger partial charge in [-0.25, -0.2) is 9.78 Å². The number of allylic oxidation sites excluding steroid dienone is 1. The fourth-order valence-electron chi connectivity index (χ4n) is 5.83. The van der Waals surface area contributed by atoms with E-state index in [9.17, 15) is 4.79 Å². The van der Waals surface area contributed by atoms with E-state index in [-0.39, 0.29) is 11.5 Å². The Kier molecular flexibility index (Phi) is 10.4. The van der Waals surface area contributed by atoms with E-state index in [1.807, 2.05) is 52.7 Å². The third-order valence-corrected chi connectivity index (χ3v) is 8.41. The van der Waals surface area contributed by atoms with Gasteiger partial charge in [0.25, 0.3) is 0 Å². The zero-order valence-electron chi connectivity index (χ0n) is 27.7. The Hall–Kier alpha value is -4.28. The first-order valence-electron chi connectivity index (χ1n) is 16.0. The zero-order chi connectivity index (χ0) is 32.8. The van der Waals surface area contributed by atoms with Crippen LogP contribution in [0.25, 0.3) is 28.2 Å². The molecular formula is C36H46N6O4. The van der Waals surface area contributed by atoms with Crippen molar-refractivity contribution in [3.05, 3.63) is 79.2 Å². The van der Waals surface area contributed by atoms with Crippen molar-refractivity contribution in [2.24, 2.45) is 5.92 Å². The molecular weight excluding hydrogens is 580 g/mol. The summed E-state index contributed by atoms with van der Waals surface area (Å²) < 4.78 is 21.4. The predicted octanol–water partition coefficient (Wildman–Crippen LogP) is 6.59. The first kappa shape index (κ1) is 33.1. The summed E-state index contributed by atoms with van der Waals surface area (Å²) in [7, 11) is 1.39. The van der Waals surface area contributed by atoms with E-state index in [0.717, 1.165) is 54.1 Å². The molecule has 0 spiro atoms. The SMILES string of the molecule is C=CCCn1ccc(-c2cccc(-c3cc4nc(C)c([C@H](OCC(C)C)C(=O)OC)c(N5CCC(C)(OCC=C)CC5)n4n3)c2)n1. The molecule has 244 valence electrons. The topological polar surface area (TPSA) is 96.0 Å². The van der Waals surface area contributed by atoms with Crippen LogP contribution in [0.5, 0.6) is 0 Å². The highest BCUT2D eigenvalue weighted by atomic mass is 16.6. The number of rotatable bonds is 14. The molecule has 0 bridgehead atoms. The van der Waals surface area contributed by atoms with Crippen LogP contribution < -0.4 is 4.90 Å². The molecule has 10 nitrogen and oxygen atoms in total. The third-order valence-electron chi connectivity index (χ3n) is 8.41. The van der Waals surface area contributed by atoms with Crippen LogP contribution >= 0.6 is 0 Å². The Bertz CT molecular complexity index is 1680. The smallest absolute Gasteiger partial charge is 0.339 e. The van der Waals surface area contributed by atoms with E-state index in [1.165, 1.54) is 7.11 Å². The van der Waals surface area contributed by atoms with Crippen LogP contribution in [0.3, 0.4) is 0 Å². The molecule has 4 aromatic rings. The number of aryl methyl sites for hydroxylation is 2. The molecule has 5 rings (SSSR count). The number of anilines is 1. The molecule has 0 radical (unpaired) electrons. The lowest BCUT2D eigenvalue weighted by molar-refractivity contribution is -0.155. The van der Waals surface area contributed by atoms with E-state index >= 15 is 0 Å². The fraction of sp³-hybridized carbons (Fsp3) is 0.444. The van der Waals surface area contributed by atoms with E-state index < -0.39 is 12.1 Å². The summed E-state index contributed by atoms with van der Waals surface area (Å²) in [6.45, 7) is 18.9. The predicted molar refractivity (Wildman–Crippen MR) is 181 cm³/mol. The first-order chi connectivity index (χ1) is 22.2. The van der Waals surface area contributed by atoms with Gasteiger partial charge >= 0.3 is 5.97 Å². The normalized spacial score (nSPS) is 15.3. The van der Waals surface area contributed by atoms with Crippen molar-refractivity contribution in [3.8, 4) is 22.5 Å². The highest BCUT2D eigenvalue weighted by Crippen LogP contribution is 2.37. The minimum absolute atomic E-state index is 0.224. The summed E-state index contributed by atoms with van der Waals surface area (Å²) in [5.41, 5.74) is 5.40.